The summed E-state index contributed by atoms with van der Waals surface area (Å²) in [4.78, 5) is 24.2. The standard InChI is InChI=1S/C26H34O4/c1-3-5-7-9-19-29-25(27)23-15-11-21(12-16-23)22-13-17-24(18-14-22)26(28)30-20-10-8-6-4-2/h11-18H,3-10,19-20H2,1-2H3. The monoisotopic (exact) mass is 410 g/mol. The number of carbonyl (C=O) groups excluding carboxylic acids is 2. The first kappa shape index (κ1) is 23.7. The number of benzene rings is 2. The van der Waals surface area contributed by atoms with E-state index < -0.39 is 0 Å². The van der Waals surface area contributed by atoms with Gasteiger partial charge in [-0.3, -0.25) is 0 Å². The Morgan fingerprint density at radius 2 is 0.933 bits per heavy atom. The average Bonchev–Trinajstić information content (AvgIpc) is 2.79. The van der Waals surface area contributed by atoms with Crippen LogP contribution in [0.5, 0.6) is 0 Å². The molecule has 4 heteroatoms. The topological polar surface area (TPSA) is 52.6 Å². The molecule has 0 amide bonds. The van der Waals surface area contributed by atoms with Crippen molar-refractivity contribution in [1.82, 2.24) is 0 Å². The van der Waals surface area contributed by atoms with Crippen LogP contribution >= 0.6 is 0 Å². The van der Waals surface area contributed by atoms with E-state index >= 15 is 0 Å². The van der Waals surface area contributed by atoms with Gasteiger partial charge in [0.1, 0.15) is 0 Å². The van der Waals surface area contributed by atoms with E-state index in [1.807, 2.05) is 24.3 Å². The molecule has 0 aliphatic rings. The first-order valence-corrected chi connectivity index (χ1v) is 11.2. The first-order valence-electron chi connectivity index (χ1n) is 11.2. The van der Waals surface area contributed by atoms with Gasteiger partial charge in [0.2, 0.25) is 0 Å². The average molecular weight is 411 g/mol. The highest BCUT2D eigenvalue weighted by molar-refractivity contribution is 5.91. The Morgan fingerprint density at radius 3 is 1.27 bits per heavy atom. The van der Waals surface area contributed by atoms with Gasteiger partial charge in [-0.1, -0.05) is 76.6 Å². The summed E-state index contributed by atoms with van der Waals surface area (Å²) in [6.45, 7) is 5.25. The van der Waals surface area contributed by atoms with Crippen LogP contribution in [-0.4, -0.2) is 25.2 Å². The highest BCUT2D eigenvalue weighted by Crippen LogP contribution is 2.21. The maximum absolute atomic E-state index is 12.1. The fourth-order valence-corrected chi connectivity index (χ4v) is 3.15. The molecule has 2 rings (SSSR count). The number of ether oxygens (including phenoxy) is 2. The van der Waals surface area contributed by atoms with Gasteiger partial charge < -0.3 is 9.47 Å². The van der Waals surface area contributed by atoms with Gasteiger partial charge in [-0.2, -0.15) is 0 Å². The molecular weight excluding hydrogens is 376 g/mol. The minimum Gasteiger partial charge on any atom is -0.462 e. The maximum Gasteiger partial charge on any atom is 0.338 e. The summed E-state index contributed by atoms with van der Waals surface area (Å²) in [5, 5.41) is 0. The molecule has 0 aliphatic heterocycles. The largest absolute Gasteiger partial charge is 0.462 e. The number of hydrogen-bond acceptors (Lipinski definition) is 4. The van der Waals surface area contributed by atoms with Crippen molar-refractivity contribution < 1.29 is 19.1 Å². The number of rotatable bonds is 13. The number of unbranched alkanes of at least 4 members (excludes halogenated alkanes) is 6. The molecule has 0 fully saturated rings. The van der Waals surface area contributed by atoms with Crippen LogP contribution in [0.25, 0.3) is 11.1 Å². The van der Waals surface area contributed by atoms with E-state index in [2.05, 4.69) is 13.8 Å². The van der Waals surface area contributed by atoms with E-state index in [1.54, 1.807) is 24.3 Å². The maximum atomic E-state index is 12.1. The summed E-state index contributed by atoms with van der Waals surface area (Å²) in [5.41, 5.74) is 3.07. The molecule has 0 unspecified atom stereocenters. The lowest BCUT2D eigenvalue weighted by molar-refractivity contribution is 0.0488. The summed E-state index contributed by atoms with van der Waals surface area (Å²) >= 11 is 0. The van der Waals surface area contributed by atoms with Gasteiger partial charge in [0, 0.05) is 0 Å². The predicted molar refractivity (Wildman–Crippen MR) is 121 cm³/mol. The fraction of sp³-hybridized carbons (Fsp3) is 0.462. The predicted octanol–water partition coefficient (Wildman–Crippen LogP) is 6.83. The minimum absolute atomic E-state index is 0.282. The Labute approximate surface area is 180 Å². The molecule has 0 spiro atoms. The summed E-state index contributed by atoms with van der Waals surface area (Å²) in [6.07, 6.45) is 8.66. The lowest BCUT2D eigenvalue weighted by atomic mass is 10.0. The summed E-state index contributed by atoms with van der Waals surface area (Å²) in [5.74, 6) is -0.565. The molecule has 0 saturated heterocycles. The lowest BCUT2D eigenvalue weighted by Gasteiger charge is -2.07. The molecule has 0 bridgehead atoms. The van der Waals surface area contributed by atoms with Crippen LogP contribution in [0.4, 0.5) is 0 Å². The van der Waals surface area contributed by atoms with Crippen molar-refractivity contribution in [3.8, 4) is 11.1 Å². The molecule has 4 nitrogen and oxygen atoms in total. The van der Waals surface area contributed by atoms with Gasteiger partial charge in [0.15, 0.2) is 0 Å². The molecule has 0 N–H and O–H groups in total. The second-order valence-electron chi connectivity index (χ2n) is 7.55. The van der Waals surface area contributed by atoms with Gasteiger partial charge in [0.25, 0.3) is 0 Å². The highest BCUT2D eigenvalue weighted by atomic mass is 16.5. The van der Waals surface area contributed by atoms with E-state index in [9.17, 15) is 9.59 Å². The second-order valence-corrected chi connectivity index (χ2v) is 7.55. The molecule has 0 atom stereocenters. The minimum atomic E-state index is -0.282. The Kier molecular flexibility index (Phi) is 10.7. The van der Waals surface area contributed by atoms with Crippen LogP contribution in [-0.2, 0) is 9.47 Å². The molecule has 0 radical (unpaired) electrons. The molecule has 0 aliphatic carbocycles. The van der Waals surface area contributed by atoms with Gasteiger partial charge in [-0.25, -0.2) is 9.59 Å². The smallest absolute Gasteiger partial charge is 0.338 e. The molecular formula is C26H34O4. The van der Waals surface area contributed by atoms with Crippen molar-refractivity contribution in [2.75, 3.05) is 13.2 Å². The molecule has 30 heavy (non-hydrogen) atoms. The van der Waals surface area contributed by atoms with Crippen LogP contribution in [0.1, 0.15) is 85.9 Å². The second kappa shape index (κ2) is 13.6. The summed E-state index contributed by atoms with van der Waals surface area (Å²) in [6, 6.07) is 14.7. The van der Waals surface area contributed by atoms with Crippen LogP contribution < -0.4 is 0 Å². The van der Waals surface area contributed by atoms with Gasteiger partial charge >= 0.3 is 11.9 Å². The molecule has 2 aromatic rings. The van der Waals surface area contributed by atoms with Crippen molar-refractivity contribution in [1.29, 1.82) is 0 Å². The molecule has 0 heterocycles. The third-order valence-electron chi connectivity index (χ3n) is 5.04. The molecule has 0 saturated carbocycles. The zero-order chi connectivity index (χ0) is 21.6. The molecule has 0 aromatic heterocycles. The van der Waals surface area contributed by atoms with Crippen molar-refractivity contribution in [2.24, 2.45) is 0 Å². The van der Waals surface area contributed by atoms with E-state index in [0.717, 1.165) is 49.7 Å². The molecule has 162 valence electrons. The van der Waals surface area contributed by atoms with Gasteiger partial charge in [-0.15, -0.1) is 0 Å². The number of esters is 2. The van der Waals surface area contributed by atoms with Crippen LogP contribution in [0.15, 0.2) is 48.5 Å². The van der Waals surface area contributed by atoms with Gasteiger partial charge in [-0.05, 0) is 48.2 Å². The Hall–Kier alpha value is -2.62. The Bertz CT molecular complexity index is 695. The highest BCUT2D eigenvalue weighted by Gasteiger charge is 2.09. The SMILES string of the molecule is CCCCCCOC(=O)c1ccc(-c2ccc(C(=O)OCCCCCC)cc2)cc1. The first-order chi connectivity index (χ1) is 14.7. The number of carbonyl (C=O) groups is 2. The van der Waals surface area contributed by atoms with E-state index in [0.29, 0.717) is 24.3 Å². The van der Waals surface area contributed by atoms with Gasteiger partial charge in [0.05, 0.1) is 24.3 Å². The zero-order valence-electron chi connectivity index (χ0n) is 18.3. The quantitative estimate of drug-likeness (QED) is 0.268. The van der Waals surface area contributed by atoms with Crippen LogP contribution in [0.3, 0.4) is 0 Å². The van der Waals surface area contributed by atoms with Crippen LogP contribution in [0.2, 0.25) is 0 Å². The summed E-state index contributed by atoms with van der Waals surface area (Å²) < 4.78 is 10.7. The van der Waals surface area contributed by atoms with E-state index in [-0.39, 0.29) is 11.9 Å². The Balaban J connectivity index is 1.84. The number of hydrogen-bond donors (Lipinski definition) is 0. The van der Waals surface area contributed by atoms with Crippen molar-refractivity contribution >= 4 is 11.9 Å². The normalized spacial score (nSPS) is 10.6. The fourth-order valence-electron chi connectivity index (χ4n) is 3.15. The summed E-state index contributed by atoms with van der Waals surface area (Å²) in [7, 11) is 0. The third-order valence-corrected chi connectivity index (χ3v) is 5.04. The Morgan fingerprint density at radius 1 is 0.567 bits per heavy atom. The van der Waals surface area contributed by atoms with E-state index in [1.165, 1.54) is 12.8 Å². The van der Waals surface area contributed by atoms with Crippen LogP contribution in [0, 0.1) is 0 Å². The van der Waals surface area contributed by atoms with E-state index in [4.69, 9.17) is 9.47 Å². The van der Waals surface area contributed by atoms with Crippen molar-refractivity contribution in [3.05, 3.63) is 59.7 Å². The van der Waals surface area contributed by atoms with Crippen molar-refractivity contribution in [3.63, 3.8) is 0 Å². The third kappa shape index (κ3) is 8.02. The lowest BCUT2D eigenvalue weighted by Crippen LogP contribution is -2.06. The van der Waals surface area contributed by atoms with Crippen molar-refractivity contribution in [2.45, 2.75) is 65.2 Å². The zero-order valence-corrected chi connectivity index (χ0v) is 18.3. The molecule has 2 aromatic carbocycles.